The van der Waals surface area contributed by atoms with E-state index in [0.717, 1.165) is 24.8 Å². The number of hydrogen-bond acceptors (Lipinski definition) is 3. The normalized spacial score (nSPS) is 38.6. The summed E-state index contributed by atoms with van der Waals surface area (Å²) < 4.78 is 0. The highest BCUT2D eigenvalue weighted by Gasteiger charge is 2.43. The van der Waals surface area contributed by atoms with Crippen LogP contribution in [0.15, 0.2) is 0 Å². The molecule has 2 rings (SSSR count). The molecule has 1 heterocycles. The zero-order chi connectivity index (χ0) is 10.0. The van der Waals surface area contributed by atoms with Crippen molar-refractivity contribution in [3.8, 4) is 0 Å². The predicted molar refractivity (Wildman–Crippen MR) is 63.7 cm³/mol. The van der Waals surface area contributed by atoms with E-state index in [4.69, 9.17) is 5.73 Å². The van der Waals surface area contributed by atoms with Gasteiger partial charge in [0.1, 0.15) is 0 Å². The fraction of sp³-hybridized carbons (Fsp3) is 1.00. The Hall–Kier alpha value is 0.270. The van der Waals surface area contributed by atoms with Crippen LogP contribution in [0.4, 0.5) is 0 Å². The van der Waals surface area contributed by atoms with Crippen LogP contribution in [-0.4, -0.2) is 36.8 Å². The highest BCUT2D eigenvalue weighted by Crippen LogP contribution is 2.48. The molecule has 0 aromatic heterocycles. The van der Waals surface area contributed by atoms with Gasteiger partial charge in [0.05, 0.1) is 0 Å². The van der Waals surface area contributed by atoms with Crippen LogP contribution in [0.2, 0.25) is 0 Å². The quantitative estimate of drug-likeness (QED) is 0.695. The van der Waals surface area contributed by atoms with Crippen LogP contribution >= 0.6 is 12.6 Å². The third kappa shape index (κ3) is 2.10. The lowest BCUT2D eigenvalue weighted by Gasteiger charge is -2.24. The average Bonchev–Trinajstić information content (AvgIpc) is 2.76. The van der Waals surface area contributed by atoms with Gasteiger partial charge in [-0.1, -0.05) is 0 Å². The van der Waals surface area contributed by atoms with Crippen molar-refractivity contribution >= 4 is 12.6 Å². The van der Waals surface area contributed by atoms with Crippen LogP contribution in [0.5, 0.6) is 0 Å². The van der Waals surface area contributed by atoms with Crippen LogP contribution in [-0.2, 0) is 0 Å². The zero-order valence-electron chi connectivity index (χ0n) is 8.91. The summed E-state index contributed by atoms with van der Waals surface area (Å²) in [6.45, 7) is 4.48. The summed E-state index contributed by atoms with van der Waals surface area (Å²) in [6.07, 6.45) is 5.65. The van der Waals surface area contributed by atoms with Gasteiger partial charge in [0.25, 0.3) is 0 Å². The van der Waals surface area contributed by atoms with Crippen molar-refractivity contribution < 1.29 is 0 Å². The largest absolute Gasteiger partial charge is 0.329 e. The lowest BCUT2D eigenvalue weighted by atomic mass is 9.85. The number of hydrogen-bond donors (Lipinski definition) is 2. The lowest BCUT2D eigenvalue weighted by molar-refractivity contribution is 0.260. The van der Waals surface area contributed by atoms with Gasteiger partial charge in [-0.25, -0.2) is 0 Å². The minimum atomic E-state index is 0.655. The van der Waals surface area contributed by atoms with E-state index in [9.17, 15) is 0 Å². The van der Waals surface area contributed by atoms with E-state index in [1.54, 1.807) is 0 Å². The number of nitrogens with zero attached hydrogens (tertiary/aromatic N) is 1. The Bertz CT molecular complexity index is 198. The average molecular weight is 214 g/mol. The van der Waals surface area contributed by atoms with Gasteiger partial charge in [-0.2, -0.15) is 12.6 Å². The zero-order valence-corrected chi connectivity index (χ0v) is 9.81. The van der Waals surface area contributed by atoms with Gasteiger partial charge in [0, 0.05) is 19.6 Å². The SMILES string of the molecule is NCCN1CC[C@]2(CC[C@H](CS)C2)C1. The van der Waals surface area contributed by atoms with Crippen molar-refractivity contribution in [2.24, 2.45) is 17.1 Å². The van der Waals surface area contributed by atoms with Gasteiger partial charge in [-0.15, -0.1) is 0 Å². The van der Waals surface area contributed by atoms with Gasteiger partial charge in [-0.3, -0.25) is 0 Å². The molecule has 2 atom stereocenters. The Balaban J connectivity index is 1.87. The van der Waals surface area contributed by atoms with Crippen LogP contribution in [0, 0.1) is 11.3 Å². The molecule has 3 heteroatoms. The maximum absolute atomic E-state index is 5.60. The second-order valence-corrected chi connectivity index (χ2v) is 5.47. The summed E-state index contributed by atoms with van der Waals surface area (Å²) in [7, 11) is 0. The molecule has 1 aliphatic carbocycles. The summed E-state index contributed by atoms with van der Waals surface area (Å²) in [4.78, 5) is 2.54. The number of nitrogens with two attached hydrogens (primary N) is 1. The molecule has 1 spiro atoms. The summed E-state index contributed by atoms with van der Waals surface area (Å²) in [6, 6.07) is 0. The molecule has 1 aliphatic heterocycles. The third-order valence-corrected chi connectivity index (χ3v) is 4.54. The van der Waals surface area contributed by atoms with Gasteiger partial charge in [0.2, 0.25) is 0 Å². The highest BCUT2D eigenvalue weighted by atomic mass is 32.1. The molecule has 14 heavy (non-hydrogen) atoms. The van der Waals surface area contributed by atoms with Gasteiger partial charge in [-0.05, 0) is 49.3 Å². The van der Waals surface area contributed by atoms with Gasteiger partial charge in [0.15, 0.2) is 0 Å². The molecular weight excluding hydrogens is 192 g/mol. The molecule has 1 saturated heterocycles. The lowest BCUT2D eigenvalue weighted by Crippen LogP contribution is -2.30. The molecule has 82 valence electrons. The Morgan fingerprint density at radius 1 is 1.43 bits per heavy atom. The first kappa shape index (κ1) is 10.8. The molecule has 0 bridgehead atoms. The molecule has 0 aromatic rings. The second kappa shape index (κ2) is 4.42. The number of thiol groups is 1. The molecule has 2 nitrogen and oxygen atoms in total. The van der Waals surface area contributed by atoms with Crippen molar-refractivity contribution in [3.05, 3.63) is 0 Å². The standard InChI is InChI=1S/C11H22N2S/c12-4-6-13-5-3-11(9-13)2-1-10(7-11)8-14/h10,14H,1-9,12H2/t10-,11-/m0/s1. The Morgan fingerprint density at radius 2 is 2.29 bits per heavy atom. The van der Waals surface area contributed by atoms with Crippen molar-refractivity contribution in [2.45, 2.75) is 25.7 Å². The maximum Gasteiger partial charge on any atom is 0.0105 e. The smallest absolute Gasteiger partial charge is 0.0105 e. The second-order valence-electron chi connectivity index (χ2n) is 5.11. The number of rotatable bonds is 3. The van der Waals surface area contributed by atoms with E-state index < -0.39 is 0 Å². The molecule has 1 saturated carbocycles. The minimum Gasteiger partial charge on any atom is -0.329 e. The summed E-state index contributed by atoms with van der Waals surface area (Å²) >= 11 is 4.42. The van der Waals surface area contributed by atoms with Crippen LogP contribution < -0.4 is 5.73 Å². The third-order valence-electron chi connectivity index (χ3n) is 4.03. The van der Waals surface area contributed by atoms with Crippen molar-refractivity contribution in [2.75, 3.05) is 31.9 Å². The van der Waals surface area contributed by atoms with Gasteiger partial charge >= 0.3 is 0 Å². The molecule has 0 unspecified atom stereocenters. The van der Waals surface area contributed by atoms with E-state index in [2.05, 4.69) is 17.5 Å². The van der Waals surface area contributed by atoms with Crippen molar-refractivity contribution in [1.29, 1.82) is 0 Å². The Morgan fingerprint density at radius 3 is 2.93 bits per heavy atom. The van der Waals surface area contributed by atoms with E-state index in [-0.39, 0.29) is 0 Å². The van der Waals surface area contributed by atoms with E-state index in [0.29, 0.717) is 5.41 Å². The minimum absolute atomic E-state index is 0.655. The first-order valence-electron chi connectivity index (χ1n) is 5.81. The predicted octanol–water partition coefficient (Wildman–Crippen LogP) is 1.37. The maximum atomic E-state index is 5.60. The summed E-state index contributed by atoms with van der Waals surface area (Å²) in [5.74, 6) is 1.97. The fourth-order valence-corrected chi connectivity index (χ4v) is 3.57. The van der Waals surface area contributed by atoms with Gasteiger partial charge < -0.3 is 10.6 Å². The molecule has 0 amide bonds. The van der Waals surface area contributed by atoms with Crippen LogP contribution in [0.25, 0.3) is 0 Å². The van der Waals surface area contributed by atoms with Crippen molar-refractivity contribution in [1.82, 2.24) is 4.90 Å². The molecule has 2 N–H and O–H groups in total. The van der Waals surface area contributed by atoms with Crippen LogP contribution in [0.3, 0.4) is 0 Å². The Labute approximate surface area is 92.6 Å². The first-order valence-corrected chi connectivity index (χ1v) is 6.44. The topological polar surface area (TPSA) is 29.3 Å². The number of likely N-dealkylation sites (tertiary alicyclic amines) is 1. The summed E-state index contributed by atoms with van der Waals surface area (Å²) in [5, 5.41) is 0. The molecular formula is C11H22N2S. The monoisotopic (exact) mass is 214 g/mol. The fourth-order valence-electron chi connectivity index (χ4n) is 3.25. The molecule has 2 aliphatic rings. The molecule has 2 fully saturated rings. The van der Waals surface area contributed by atoms with E-state index >= 15 is 0 Å². The highest BCUT2D eigenvalue weighted by molar-refractivity contribution is 7.80. The first-order chi connectivity index (χ1) is 6.78. The van der Waals surface area contributed by atoms with E-state index in [1.807, 2.05) is 0 Å². The Kier molecular flexibility index (Phi) is 3.40. The molecule has 0 aromatic carbocycles. The van der Waals surface area contributed by atoms with E-state index in [1.165, 1.54) is 38.8 Å². The van der Waals surface area contributed by atoms with Crippen LogP contribution in [0.1, 0.15) is 25.7 Å². The van der Waals surface area contributed by atoms with Crippen molar-refractivity contribution in [3.63, 3.8) is 0 Å². The summed E-state index contributed by atoms with van der Waals surface area (Å²) in [5.41, 5.74) is 6.25. The molecule has 0 radical (unpaired) electrons.